The molecule has 1 aromatic carbocycles. The maximum absolute atomic E-state index is 12.6. The van der Waals surface area contributed by atoms with E-state index in [4.69, 9.17) is 0 Å². The molecule has 20 heavy (non-hydrogen) atoms. The number of hydrogen-bond acceptors (Lipinski definition) is 3. The Hall–Kier alpha value is -1.40. The second-order valence-electron chi connectivity index (χ2n) is 5.16. The third-order valence-electron chi connectivity index (χ3n) is 3.85. The van der Waals surface area contributed by atoms with E-state index in [2.05, 4.69) is 0 Å². The number of aliphatic carboxylic acids is 1. The average Bonchev–Trinajstić information content (AvgIpc) is 2.81. The lowest BCUT2D eigenvalue weighted by molar-refractivity contribution is -0.141. The lowest BCUT2D eigenvalue weighted by Crippen LogP contribution is -2.42. The fourth-order valence-corrected chi connectivity index (χ4v) is 4.27. The second-order valence-corrected chi connectivity index (χ2v) is 7.05. The molecule has 1 heterocycles. The van der Waals surface area contributed by atoms with E-state index in [1.54, 1.807) is 31.2 Å². The number of nitrogens with zero attached hydrogens (tertiary/aromatic N) is 1. The zero-order valence-electron chi connectivity index (χ0n) is 11.6. The number of hydrogen-bond donors (Lipinski definition) is 1. The lowest BCUT2D eigenvalue weighted by atomic mass is 10.0. The topological polar surface area (TPSA) is 74.7 Å². The predicted molar refractivity (Wildman–Crippen MR) is 74.9 cm³/mol. The number of sulfonamides is 1. The number of carbonyl (C=O) groups is 1. The van der Waals surface area contributed by atoms with Crippen molar-refractivity contribution in [2.45, 2.75) is 37.6 Å². The molecule has 0 saturated carbocycles. The van der Waals surface area contributed by atoms with Crippen molar-refractivity contribution >= 4 is 16.0 Å². The van der Waals surface area contributed by atoms with Crippen LogP contribution in [0.15, 0.2) is 29.2 Å². The minimum absolute atomic E-state index is 0.162. The number of benzene rings is 1. The van der Waals surface area contributed by atoms with Crippen LogP contribution in [-0.2, 0) is 21.2 Å². The molecule has 1 saturated heterocycles. The highest BCUT2D eigenvalue weighted by molar-refractivity contribution is 7.89. The van der Waals surface area contributed by atoms with Crippen molar-refractivity contribution < 1.29 is 18.3 Å². The average molecular weight is 297 g/mol. The molecule has 1 aliphatic rings. The van der Waals surface area contributed by atoms with Gasteiger partial charge in [-0.15, -0.1) is 0 Å². The van der Waals surface area contributed by atoms with Gasteiger partial charge >= 0.3 is 5.97 Å². The normalized spacial score (nSPS) is 23.9. The molecule has 0 amide bonds. The van der Waals surface area contributed by atoms with Crippen LogP contribution in [0.25, 0.3) is 0 Å². The van der Waals surface area contributed by atoms with Crippen LogP contribution >= 0.6 is 0 Å². The Bertz CT molecular complexity index is 594. The standard InChI is InChI=1S/C14H19NO4S/c1-3-11-4-6-12(7-5-11)20(18,19)15-9-8-10(2)13(15)14(16)17/h4-7,10,13H,3,8-9H2,1-2H3,(H,16,17). The van der Waals surface area contributed by atoms with E-state index in [9.17, 15) is 18.3 Å². The summed E-state index contributed by atoms with van der Waals surface area (Å²) in [5.41, 5.74) is 1.05. The molecule has 2 rings (SSSR count). The number of aryl methyl sites for hydroxylation is 1. The van der Waals surface area contributed by atoms with Gasteiger partial charge in [0.25, 0.3) is 0 Å². The smallest absolute Gasteiger partial charge is 0.322 e. The Labute approximate surface area is 119 Å². The molecule has 0 bridgehead atoms. The van der Waals surface area contributed by atoms with Gasteiger partial charge in [0, 0.05) is 6.54 Å². The molecule has 1 fully saturated rings. The summed E-state index contributed by atoms with van der Waals surface area (Å²) in [6.07, 6.45) is 1.40. The van der Waals surface area contributed by atoms with Crippen LogP contribution in [-0.4, -0.2) is 36.4 Å². The number of rotatable bonds is 4. The van der Waals surface area contributed by atoms with Crippen LogP contribution in [0.2, 0.25) is 0 Å². The zero-order chi connectivity index (χ0) is 14.9. The fraction of sp³-hybridized carbons (Fsp3) is 0.500. The summed E-state index contributed by atoms with van der Waals surface area (Å²) in [4.78, 5) is 11.5. The summed E-state index contributed by atoms with van der Waals surface area (Å²) in [6.45, 7) is 4.02. The van der Waals surface area contributed by atoms with Gasteiger partial charge in [0.15, 0.2) is 0 Å². The molecule has 0 spiro atoms. The van der Waals surface area contributed by atoms with Gasteiger partial charge in [-0.2, -0.15) is 4.31 Å². The van der Waals surface area contributed by atoms with Gasteiger partial charge in [-0.3, -0.25) is 4.79 Å². The second kappa shape index (κ2) is 5.54. The summed E-state index contributed by atoms with van der Waals surface area (Å²) >= 11 is 0. The molecular formula is C14H19NO4S. The SMILES string of the molecule is CCc1ccc(S(=O)(=O)N2CCC(C)C2C(=O)O)cc1. The molecule has 5 nitrogen and oxygen atoms in total. The first-order chi connectivity index (χ1) is 9.37. The summed E-state index contributed by atoms with van der Waals surface area (Å²) in [5.74, 6) is -1.25. The Morgan fingerprint density at radius 2 is 1.95 bits per heavy atom. The maximum atomic E-state index is 12.6. The van der Waals surface area contributed by atoms with Crippen LogP contribution in [0.3, 0.4) is 0 Å². The molecular weight excluding hydrogens is 278 g/mol. The molecule has 0 aromatic heterocycles. The molecule has 1 N–H and O–H groups in total. The third kappa shape index (κ3) is 2.58. The molecule has 1 aromatic rings. The molecule has 2 unspecified atom stereocenters. The van der Waals surface area contributed by atoms with E-state index in [0.29, 0.717) is 6.42 Å². The number of carboxylic acid groups (broad SMARTS) is 1. The molecule has 0 radical (unpaired) electrons. The predicted octanol–water partition coefficient (Wildman–Crippen LogP) is 1.73. The van der Waals surface area contributed by atoms with Gasteiger partial charge in [-0.25, -0.2) is 8.42 Å². The van der Waals surface area contributed by atoms with Crippen LogP contribution in [0.1, 0.15) is 25.8 Å². The van der Waals surface area contributed by atoms with E-state index < -0.39 is 22.0 Å². The van der Waals surface area contributed by atoms with E-state index >= 15 is 0 Å². The largest absolute Gasteiger partial charge is 0.480 e. The van der Waals surface area contributed by atoms with Crippen molar-refractivity contribution in [3.63, 3.8) is 0 Å². The van der Waals surface area contributed by atoms with Crippen molar-refractivity contribution in [2.75, 3.05) is 6.54 Å². The summed E-state index contributed by atoms with van der Waals surface area (Å²) in [6, 6.07) is 5.67. The van der Waals surface area contributed by atoms with Gasteiger partial charge < -0.3 is 5.11 Å². The van der Waals surface area contributed by atoms with E-state index in [1.807, 2.05) is 6.92 Å². The van der Waals surface area contributed by atoms with E-state index in [0.717, 1.165) is 16.3 Å². The minimum atomic E-state index is -3.74. The van der Waals surface area contributed by atoms with Crippen LogP contribution in [0, 0.1) is 5.92 Å². The Kier molecular flexibility index (Phi) is 4.15. The van der Waals surface area contributed by atoms with Crippen molar-refractivity contribution in [3.8, 4) is 0 Å². The lowest BCUT2D eigenvalue weighted by Gasteiger charge is -2.22. The van der Waals surface area contributed by atoms with Crippen molar-refractivity contribution in [2.24, 2.45) is 5.92 Å². The zero-order valence-corrected chi connectivity index (χ0v) is 12.4. The van der Waals surface area contributed by atoms with Gasteiger partial charge in [0.2, 0.25) is 10.0 Å². The van der Waals surface area contributed by atoms with Crippen LogP contribution in [0.4, 0.5) is 0 Å². The highest BCUT2D eigenvalue weighted by atomic mass is 32.2. The van der Waals surface area contributed by atoms with Crippen molar-refractivity contribution in [1.82, 2.24) is 4.31 Å². The van der Waals surface area contributed by atoms with Gasteiger partial charge in [-0.1, -0.05) is 26.0 Å². The Balaban J connectivity index is 2.36. The highest BCUT2D eigenvalue weighted by Gasteiger charge is 2.43. The summed E-state index contributed by atoms with van der Waals surface area (Å²) in [5, 5.41) is 9.24. The quantitative estimate of drug-likeness (QED) is 0.918. The Morgan fingerprint density at radius 3 is 2.45 bits per heavy atom. The first-order valence-corrected chi connectivity index (χ1v) is 8.15. The first-order valence-electron chi connectivity index (χ1n) is 6.71. The monoisotopic (exact) mass is 297 g/mol. The highest BCUT2D eigenvalue weighted by Crippen LogP contribution is 2.30. The Morgan fingerprint density at radius 1 is 1.35 bits per heavy atom. The molecule has 110 valence electrons. The summed E-state index contributed by atoms with van der Waals surface area (Å²) < 4.78 is 26.2. The van der Waals surface area contributed by atoms with E-state index in [1.165, 1.54) is 0 Å². The molecule has 6 heteroatoms. The van der Waals surface area contributed by atoms with E-state index in [-0.39, 0.29) is 17.4 Å². The third-order valence-corrected chi connectivity index (χ3v) is 5.74. The van der Waals surface area contributed by atoms with Gasteiger partial charge in [-0.05, 0) is 36.5 Å². The summed E-state index contributed by atoms with van der Waals surface area (Å²) in [7, 11) is -3.74. The first kappa shape index (κ1) is 15.0. The molecule has 1 aliphatic heterocycles. The molecule has 2 atom stereocenters. The van der Waals surface area contributed by atoms with Gasteiger partial charge in [0.1, 0.15) is 6.04 Å². The number of carboxylic acids is 1. The van der Waals surface area contributed by atoms with Crippen molar-refractivity contribution in [3.05, 3.63) is 29.8 Å². The van der Waals surface area contributed by atoms with Crippen LogP contribution in [0.5, 0.6) is 0 Å². The van der Waals surface area contributed by atoms with Crippen LogP contribution < -0.4 is 0 Å². The molecule has 0 aliphatic carbocycles. The maximum Gasteiger partial charge on any atom is 0.322 e. The minimum Gasteiger partial charge on any atom is -0.480 e. The van der Waals surface area contributed by atoms with Gasteiger partial charge in [0.05, 0.1) is 4.90 Å². The fourth-order valence-electron chi connectivity index (χ4n) is 2.58. The van der Waals surface area contributed by atoms with Crippen molar-refractivity contribution in [1.29, 1.82) is 0 Å².